The molecular formula is C13H13BrFN3. The van der Waals surface area contributed by atoms with Gasteiger partial charge in [0.2, 0.25) is 0 Å². The lowest BCUT2D eigenvalue weighted by atomic mass is 10.3. The number of halogens is 2. The summed E-state index contributed by atoms with van der Waals surface area (Å²) in [5.74, 6) is 1.05. The van der Waals surface area contributed by atoms with E-state index in [0.29, 0.717) is 16.0 Å². The molecular weight excluding hydrogens is 297 g/mol. The second-order valence-electron chi connectivity index (χ2n) is 3.69. The maximum Gasteiger partial charge on any atom is 0.147 e. The average Bonchev–Trinajstić information content (AvgIpc) is 2.34. The van der Waals surface area contributed by atoms with Crippen LogP contribution >= 0.6 is 15.9 Å². The van der Waals surface area contributed by atoms with Crippen molar-refractivity contribution in [2.24, 2.45) is 0 Å². The molecule has 0 unspecified atom stereocenters. The first-order chi connectivity index (χ1) is 8.69. The zero-order valence-electron chi connectivity index (χ0n) is 9.87. The van der Waals surface area contributed by atoms with Crippen molar-refractivity contribution in [3.05, 3.63) is 46.7 Å². The van der Waals surface area contributed by atoms with Crippen LogP contribution in [-0.4, -0.2) is 11.5 Å². The first-order valence-corrected chi connectivity index (χ1v) is 6.41. The van der Waals surface area contributed by atoms with Crippen molar-refractivity contribution in [3.63, 3.8) is 0 Å². The van der Waals surface area contributed by atoms with Crippen LogP contribution in [0.1, 0.15) is 6.92 Å². The van der Waals surface area contributed by atoms with Crippen LogP contribution in [0.3, 0.4) is 0 Å². The van der Waals surface area contributed by atoms with Gasteiger partial charge in [-0.2, -0.15) is 0 Å². The summed E-state index contributed by atoms with van der Waals surface area (Å²) in [6, 6.07) is 10.4. The zero-order chi connectivity index (χ0) is 13.0. The predicted molar refractivity (Wildman–Crippen MR) is 75.8 cm³/mol. The second kappa shape index (κ2) is 5.82. The van der Waals surface area contributed by atoms with Crippen LogP contribution in [0.25, 0.3) is 0 Å². The van der Waals surface area contributed by atoms with E-state index in [9.17, 15) is 4.39 Å². The van der Waals surface area contributed by atoms with E-state index in [1.54, 1.807) is 18.2 Å². The van der Waals surface area contributed by atoms with Crippen molar-refractivity contribution >= 4 is 33.3 Å². The Hall–Kier alpha value is -1.62. The molecule has 0 amide bonds. The largest absolute Gasteiger partial charge is 0.370 e. The van der Waals surface area contributed by atoms with E-state index in [-0.39, 0.29) is 5.82 Å². The molecule has 5 heteroatoms. The van der Waals surface area contributed by atoms with Gasteiger partial charge in [-0.15, -0.1) is 0 Å². The molecule has 2 aromatic rings. The molecule has 0 bridgehead atoms. The van der Waals surface area contributed by atoms with Gasteiger partial charge in [-0.3, -0.25) is 0 Å². The number of nitrogens with one attached hydrogen (secondary N) is 2. The average molecular weight is 310 g/mol. The number of rotatable bonds is 4. The van der Waals surface area contributed by atoms with Gasteiger partial charge in [-0.05, 0) is 37.3 Å². The molecule has 2 N–H and O–H groups in total. The van der Waals surface area contributed by atoms with Crippen molar-refractivity contribution in [3.8, 4) is 0 Å². The number of aromatic nitrogens is 1. The van der Waals surface area contributed by atoms with Crippen LogP contribution in [0.4, 0.5) is 21.7 Å². The van der Waals surface area contributed by atoms with E-state index in [1.165, 1.54) is 6.07 Å². The third-order valence-electron chi connectivity index (χ3n) is 2.30. The van der Waals surface area contributed by atoms with Crippen molar-refractivity contribution in [2.45, 2.75) is 6.92 Å². The molecule has 0 aliphatic heterocycles. The van der Waals surface area contributed by atoms with Gasteiger partial charge in [-0.25, -0.2) is 9.37 Å². The molecule has 1 aromatic heterocycles. The van der Waals surface area contributed by atoms with Crippen LogP contribution in [0.2, 0.25) is 0 Å². The first kappa shape index (κ1) is 12.8. The van der Waals surface area contributed by atoms with E-state index in [0.717, 1.165) is 12.4 Å². The lowest BCUT2D eigenvalue weighted by molar-refractivity contribution is 0.631. The normalized spacial score (nSPS) is 10.2. The summed E-state index contributed by atoms with van der Waals surface area (Å²) in [6.07, 6.45) is 0. The Morgan fingerprint density at radius 2 is 2.00 bits per heavy atom. The number of anilines is 3. The fourth-order valence-electron chi connectivity index (χ4n) is 1.51. The SMILES string of the molecule is CCNc1cccc(Nc2ccc(Br)cc2F)n1. The van der Waals surface area contributed by atoms with E-state index in [1.807, 2.05) is 19.1 Å². The number of nitrogens with zero attached hydrogens (tertiary/aromatic N) is 1. The minimum atomic E-state index is -0.319. The lowest BCUT2D eigenvalue weighted by Crippen LogP contribution is -2.01. The quantitative estimate of drug-likeness (QED) is 0.890. The molecule has 0 aliphatic carbocycles. The zero-order valence-corrected chi connectivity index (χ0v) is 11.5. The molecule has 0 atom stereocenters. The maximum atomic E-state index is 13.6. The highest BCUT2D eigenvalue weighted by Gasteiger charge is 2.04. The molecule has 0 aliphatic rings. The van der Waals surface area contributed by atoms with E-state index >= 15 is 0 Å². The monoisotopic (exact) mass is 309 g/mol. The summed E-state index contributed by atoms with van der Waals surface area (Å²) < 4.78 is 14.4. The molecule has 2 rings (SSSR count). The topological polar surface area (TPSA) is 37.0 Å². The summed E-state index contributed by atoms with van der Waals surface area (Å²) >= 11 is 3.22. The Labute approximate surface area is 114 Å². The van der Waals surface area contributed by atoms with Crippen LogP contribution in [0.5, 0.6) is 0 Å². The number of hydrogen-bond acceptors (Lipinski definition) is 3. The van der Waals surface area contributed by atoms with Gasteiger partial charge in [0.15, 0.2) is 0 Å². The lowest BCUT2D eigenvalue weighted by Gasteiger charge is -2.09. The Balaban J connectivity index is 2.20. The summed E-state index contributed by atoms with van der Waals surface area (Å²) in [5, 5.41) is 6.06. The Morgan fingerprint density at radius 1 is 1.22 bits per heavy atom. The fraction of sp³-hybridized carbons (Fsp3) is 0.154. The van der Waals surface area contributed by atoms with Gasteiger partial charge in [0.1, 0.15) is 17.5 Å². The molecule has 0 fully saturated rings. The molecule has 1 heterocycles. The number of pyridine rings is 1. The molecule has 18 heavy (non-hydrogen) atoms. The molecule has 0 saturated carbocycles. The first-order valence-electron chi connectivity index (χ1n) is 5.62. The van der Waals surface area contributed by atoms with Crippen molar-refractivity contribution < 1.29 is 4.39 Å². The molecule has 94 valence electrons. The summed E-state index contributed by atoms with van der Waals surface area (Å²) in [4.78, 5) is 4.32. The minimum absolute atomic E-state index is 0.319. The molecule has 0 saturated heterocycles. The van der Waals surface area contributed by atoms with Gasteiger partial charge in [0.05, 0.1) is 5.69 Å². The van der Waals surface area contributed by atoms with Crippen LogP contribution in [0.15, 0.2) is 40.9 Å². The third-order valence-corrected chi connectivity index (χ3v) is 2.79. The van der Waals surface area contributed by atoms with Gasteiger partial charge in [0, 0.05) is 11.0 Å². The second-order valence-corrected chi connectivity index (χ2v) is 4.60. The smallest absolute Gasteiger partial charge is 0.147 e. The standard InChI is InChI=1S/C13H13BrFN3/c1-2-16-12-4-3-5-13(18-12)17-11-7-6-9(14)8-10(11)15/h3-8H,2H2,1H3,(H2,16,17,18). The third kappa shape index (κ3) is 3.20. The van der Waals surface area contributed by atoms with Crippen LogP contribution in [-0.2, 0) is 0 Å². The number of hydrogen-bond donors (Lipinski definition) is 2. The number of benzene rings is 1. The van der Waals surface area contributed by atoms with Gasteiger partial charge >= 0.3 is 0 Å². The molecule has 0 spiro atoms. The van der Waals surface area contributed by atoms with E-state index in [4.69, 9.17) is 0 Å². The summed E-state index contributed by atoms with van der Waals surface area (Å²) in [6.45, 7) is 2.79. The Bertz CT molecular complexity index is 546. The summed E-state index contributed by atoms with van der Waals surface area (Å²) in [7, 11) is 0. The molecule has 0 radical (unpaired) electrons. The fourth-order valence-corrected chi connectivity index (χ4v) is 1.85. The minimum Gasteiger partial charge on any atom is -0.370 e. The Kier molecular flexibility index (Phi) is 4.15. The van der Waals surface area contributed by atoms with Crippen LogP contribution < -0.4 is 10.6 Å². The van der Waals surface area contributed by atoms with Crippen molar-refractivity contribution in [1.82, 2.24) is 4.98 Å². The Morgan fingerprint density at radius 3 is 2.72 bits per heavy atom. The highest BCUT2D eigenvalue weighted by molar-refractivity contribution is 9.10. The maximum absolute atomic E-state index is 13.6. The van der Waals surface area contributed by atoms with E-state index < -0.39 is 0 Å². The van der Waals surface area contributed by atoms with E-state index in [2.05, 4.69) is 31.5 Å². The van der Waals surface area contributed by atoms with Crippen LogP contribution in [0, 0.1) is 5.82 Å². The highest BCUT2D eigenvalue weighted by Crippen LogP contribution is 2.22. The van der Waals surface area contributed by atoms with Crippen molar-refractivity contribution in [2.75, 3.05) is 17.2 Å². The van der Waals surface area contributed by atoms with Crippen molar-refractivity contribution in [1.29, 1.82) is 0 Å². The molecule has 1 aromatic carbocycles. The van der Waals surface area contributed by atoms with Gasteiger partial charge in [-0.1, -0.05) is 22.0 Å². The van der Waals surface area contributed by atoms with Gasteiger partial charge in [0.25, 0.3) is 0 Å². The summed E-state index contributed by atoms with van der Waals surface area (Å²) in [5.41, 5.74) is 0.402. The predicted octanol–water partition coefficient (Wildman–Crippen LogP) is 4.16. The van der Waals surface area contributed by atoms with Gasteiger partial charge < -0.3 is 10.6 Å². The highest BCUT2D eigenvalue weighted by atomic mass is 79.9. The molecule has 3 nitrogen and oxygen atoms in total.